The quantitative estimate of drug-likeness (QED) is 0.304. The molecule has 2 N–H and O–H groups in total. The Hall–Kier alpha value is -3.85. The minimum absolute atomic E-state index is 0.364. The molecule has 1 heterocycles. The zero-order chi connectivity index (χ0) is 18.7. The summed E-state index contributed by atoms with van der Waals surface area (Å²) >= 11 is 0. The first-order chi connectivity index (χ1) is 13.4. The van der Waals surface area contributed by atoms with Gasteiger partial charge in [0, 0.05) is 23.6 Å². The molecule has 0 saturated heterocycles. The number of ether oxygens (including phenoxy) is 1. The van der Waals surface area contributed by atoms with Crippen LogP contribution < -0.4 is 15.4 Å². The molecule has 0 radical (unpaired) electrons. The van der Waals surface area contributed by atoms with Crippen molar-refractivity contribution in [2.75, 3.05) is 18.5 Å². The molecule has 27 heavy (non-hydrogen) atoms. The highest BCUT2D eigenvalue weighted by molar-refractivity contribution is 5.94. The molecule has 0 saturated carbocycles. The molecule has 6 heteroatoms. The zero-order valence-electron chi connectivity index (χ0n) is 14.7. The SMILES string of the molecule is N#C/N=C(/NCCOc1ccccc1-c1ccccc1)Nc1ccncc1. The molecule has 0 aliphatic heterocycles. The van der Waals surface area contributed by atoms with E-state index in [4.69, 9.17) is 10.00 Å². The van der Waals surface area contributed by atoms with Gasteiger partial charge in [-0.25, -0.2) is 0 Å². The lowest BCUT2D eigenvalue weighted by atomic mass is 10.1. The molecule has 0 aliphatic rings. The smallest absolute Gasteiger partial charge is 0.211 e. The molecule has 0 unspecified atom stereocenters. The fraction of sp³-hybridized carbons (Fsp3) is 0.0952. The summed E-state index contributed by atoms with van der Waals surface area (Å²) in [6, 6.07) is 21.6. The highest BCUT2D eigenvalue weighted by Crippen LogP contribution is 2.29. The molecule has 0 bridgehead atoms. The van der Waals surface area contributed by atoms with E-state index in [9.17, 15) is 0 Å². The molecule has 0 spiro atoms. The number of hydrogen-bond acceptors (Lipinski definition) is 4. The van der Waals surface area contributed by atoms with E-state index in [1.807, 2.05) is 42.5 Å². The largest absolute Gasteiger partial charge is 0.491 e. The van der Waals surface area contributed by atoms with Crippen LogP contribution in [0.4, 0.5) is 5.69 Å². The molecule has 3 rings (SSSR count). The Morgan fingerprint density at radius 1 is 1.00 bits per heavy atom. The maximum atomic E-state index is 8.85. The molecule has 0 amide bonds. The molecule has 134 valence electrons. The van der Waals surface area contributed by atoms with Crippen molar-refractivity contribution in [2.24, 2.45) is 4.99 Å². The third-order valence-corrected chi connectivity index (χ3v) is 3.73. The van der Waals surface area contributed by atoms with E-state index in [1.165, 1.54) is 0 Å². The molecule has 0 atom stereocenters. The number of pyridine rings is 1. The van der Waals surface area contributed by atoms with Gasteiger partial charge in [-0.15, -0.1) is 4.99 Å². The Kier molecular flexibility index (Phi) is 6.38. The first-order valence-corrected chi connectivity index (χ1v) is 8.52. The monoisotopic (exact) mass is 357 g/mol. The Bertz CT molecular complexity index is 920. The first kappa shape index (κ1) is 18.0. The minimum atomic E-state index is 0.364. The number of guanidine groups is 1. The van der Waals surface area contributed by atoms with Crippen molar-refractivity contribution >= 4 is 11.6 Å². The highest BCUT2D eigenvalue weighted by atomic mass is 16.5. The molecule has 1 aromatic heterocycles. The number of para-hydroxylation sites is 1. The number of rotatable bonds is 6. The van der Waals surface area contributed by atoms with Crippen LogP contribution >= 0.6 is 0 Å². The number of aromatic nitrogens is 1. The molecule has 6 nitrogen and oxygen atoms in total. The molecular weight excluding hydrogens is 338 g/mol. The number of nitriles is 1. The van der Waals surface area contributed by atoms with Gasteiger partial charge in [0.1, 0.15) is 12.4 Å². The maximum absolute atomic E-state index is 8.85. The number of anilines is 1. The van der Waals surface area contributed by atoms with Crippen LogP contribution in [0, 0.1) is 11.5 Å². The second-order valence-corrected chi connectivity index (χ2v) is 5.56. The lowest BCUT2D eigenvalue weighted by Crippen LogP contribution is -2.33. The van der Waals surface area contributed by atoms with Gasteiger partial charge in [-0.3, -0.25) is 4.98 Å². The second-order valence-electron chi connectivity index (χ2n) is 5.56. The van der Waals surface area contributed by atoms with Crippen LogP contribution in [0.3, 0.4) is 0 Å². The summed E-state index contributed by atoms with van der Waals surface area (Å²) in [5.74, 6) is 1.18. The van der Waals surface area contributed by atoms with E-state index in [0.29, 0.717) is 19.1 Å². The van der Waals surface area contributed by atoms with Crippen LogP contribution in [0.1, 0.15) is 0 Å². The van der Waals surface area contributed by atoms with Crippen molar-refractivity contribution in [2.45, 2.75) is 0 Å². The molecule has 0 aliphatic carbocycles. The average Bonchev–Trinajstić information content (AvgIpc) is 2.73. The Morgan fingerprint density at radius 3 is 2.52 bits per heavy atom. The van der Waals surface area contributed by atoms with E-state index in [2.05, 4.69) is 32.7 Å². The van der Waals surface area contributed by atoms with E-state index >= 15 is 0 Å². The van der Waals surface area contributed by atoms with Crippen LogP contribution in [0.2, 0.25) is 0 Å². The third-order valence-electron chi connectivity index (χ3n) is 3.73. The highest BCUT2D eigenvalue weighted by Gasteiger charge is 2.05. The number of nitrogens with one attached hydrogen (secondary N) is 2. The fourth-order valence-electron chi connectivity index (χ4n) is 2.51. The predicted octanol–water partition coefficient (Wildman–Crippen LogP) is 3.67. The van der Waals surface area contributed by atoms with Crippen molar-refractivity contribution < 1.29 is 4.74 Å². The van der Waals surface area contributed by atoms with E-state index in [1.54, 1.807) is 30.7 Å². The number of nitrogens with zero attached hydrogens (tertiary/aromatic N) is 3. The van der Waals surface area contributed by atoms with E-state index in [-0.39, 0.29) is 0 Å². The van der Waals surface area contributed by atoms with Crippen LogP contribution in [-0.4, -0.2) is 24.1 Å². The lowest BCUT2D eigenvalue weighted by molar-refractivity contribution is 0.324. The van der Waals surface area contributed by atoms with Crippen molar-refractivity contribution in [1.82, 2.24) is 10.3 Å². The molecule has 3 aromatic rings. The molecule has 0 fully saturated rings. The van der Waals surface area contributed by atoms with Gasteiger partial charge in [-0.1, -0.05) is 48.5 Å². The number of benzene rings is 2. The van der Waals surface area contributed by atoms with Gasteiger partial charge >= 0.3 is 0 Å². The Morgan fingerprint density at radius 2 is 1.74 bits per heavy atom. The summed E-state index contributed by atoms with van der Waals surface area (Å²) in [7, 11) is 0. The van der Waals surface area contributed by atoms with Gasteiger partial charge < -0.3 is 15.4 Å². The van der Waals surface area contributed by atoms with Gasteiger partial charge in [0.05, 0.1) is 6.54 Å². The van der Waals surface area contributed by atoms with Crippen molar-refractivity contribution in [3.63, 3.8) is 0 Å². The first-order valence-electron chi connectivity index (χ1n) is 8.52. The van der Waals surface area contributed by atoms with Crippen LogP contribution in [-0.2, 0) is 0 Å². The zero-order valence-corrected chi connectivity index (χ0v) is 14.7. The normalized spacial score (nSPS) is 10.7. The van der Waals surface area contributed by atoms with Crippen molar-refractivity contribution in [1.29, 1.82) is 5.26 Å². The lowest BCUT2D eigenvalue weighted by Gasteiger charge is -2.14. The summed E-state index contributed by atoms with van der Waals surface area (Å²) < 4.78 is 5.93. The molecular formula is C21H19N5O. The van der Waals surface area contributed by atoms with E-state index < -0.39 is 0 Å². The van der Waals surface area contributed by atoms with Gasteiger partial charge in [0.2, 0.25) is 12.2 Å². The van der Waals surface area contributed by atoms with Crippen molar-refractivity contribution in [3.05, 3.63) is 79.1 Å². The van der Waals surface area contributed by atoms with Crippen LogP contribution in [0.15, 0.2) is 84.1 Å². The number of hydrogen-bond donors (Lipinski definition) is 2. The maximum Gasteiger partial charge on any atom is 0.211 e. The Labute approximate surface area is 158 Å². The standard InChI is InChI=1S/C21H19N5O/c22-16-25-21(26-18-10-12-23-13-11-18)24-14-15-27-20-9-5-4-8-19(20)17-6-2-1-3-7-17/h1-13H,14-15H2,(H2,23,24,25,26). The second kappa shape index (κ2) is 9.59. The van der Waals surface area contributed by atoms with Gasteiger partial charge in [-0.2, -0.15) is 5.26 Å². The average molecular weight is 357 g/mol. The summed E-state index contributed by atoms with van der Waals surface area (Å²) in [4.78, 5) is 7.71. The number of aliphatic imine (C=N–C) groups is 1. The van der Waals surface area contributed by atoms with Gasteiger partial charge in [0.25, 0.3) is 0 Å². The van der Waals surface area contributed by atoms with E-state index in [0.717, 1.165) is 22.6 Å². The Balaban J connectivity index is 1.57. The third kappa shape index (κ3) is 5.31. The summed E-state index contributed by atoms with van der Waals surface area (Å²) in [6.45, 7) is 0.911. The van der Waals surface area contributed by atoms with Crippen LogP contribution in [0.5, 0.6) is 5.75 Å². The minimum Gasteiger partial charge on any atom is -0.491 e. The topological polar surface area (TPSA) is 82.3 Å². The predicted molar refractivity (Wildman–Crippen MR) is 106 cm³/mol. The fourth-order valence-corrected chi connectivity index (χ4v) is 2.51. The van der Waals surface area contributed by atoms with Crippen LogP contribution in [0.25, 0.3) is 11.1 Å². The van der Waals surface area contributed by atoms with Crippen molar-refractivity contribution in [3.8, 4) is 23.1 Å². The van der Waals surface area contributed by atoms with Gasteiger partial charge in [0.15, 0.2) is 0 Å². The summed E-state index contributed by atoms with van der Waals surface area (Å²) in [5.41, 5.74) is 2.94. The summed E-state index contributed by atoms with van der Waals surface area (Å²) in [5, 5.41) is 15.0. The molecule has 2 aromatic carbocycles. The summed E-state index contributed by atoms with van der Waals surface area (Å²) in [6.07, 6.45) is 5.11. The van der Waals surface area contributed by atoms with Gasteiger partial charge in [-0.05, 0) is 23.8 Å².